The van der Waals surface area contributed by atoms with Crippen molar-refractivity contribution in [1.82, 2.24) is 9.78 Å². The van der Waals surface area contributed by atoms with Crippen LogP contribution < -0.4 is 15.2 Å². The van der Waals surface area contributed by atoms with Crippen LogP contribution in [-0.2, 0) is 16.1 Å². The zero-order valence-electron chi connectivity index (χ0n) is 16.1. The van der Waals surface area contributed by atoms with Gasteiger partial charge in [0, 0.05) is 7.05 Å². The number of furan rings is 1. The third kappa shape index (κ3) is 3.87. The number of aliphatic hydroxyl groups excluding tert-OH is 1. The van der Waals surface area contributed by atoms with E-state index in [-0.39, 0.29) is 38.9 Å². The maximum atomic E-state index is 13.3. The number of rotatable bonds is 4. The topological polar surface area (TPSA) is 107 Å². The molecule has 0 saturated heterocycles. The number of aromatic nitrogens is 2. The Morgan fingerprint density at radius 3 is 2.87 bits per heavy atom. The Kier molecular flexibility index (Phi) is 5.20. The molecule has 1 aliphatic rings. The first-order chi connectivity index (χ1) is 14.6. The molecule has 3 aromatic rings. The van der Waals surface area contributed by atoms with Gasteiger partial charge in [0.25, 0.3) is 5.56 Å². The second-order valence-corrected chi connectivity index (χ2v) is 7.12. The lowest BCUT2D eigenvalue weighted by Crippen LogP contribution is -2.37. The molecule has 1 amide bonds. The van der Waals surface area contributed by atoms with Crippen molar-refractivity contribution < 1.29 is 32.6 Å². The molecule has 0 aliphatic carbocycles. The number of likely N-dealkylation sites (N-methyl/N-ethyl adjacent to an activating group) is 1. The lowest BCUT2D eigenvalue weighted by Gasteiger charge is -2.28. The maximum absolute atomic E-state index is 13.3. The molecule has 0 saturated carbocycles. The van der Waals surface area contributed by atoms with Gasteiger partial charge in [0.2, 0.25) is 5.91 Å². The molecule has 0 spiro atoms. The molecule has 1 radical (unpaired) electrons. The fraction of sp³-hybridized carbons (Fsp3) is 0.263. The maximum Gasteiger partial charge on any atom is 0.535 e. The zero-order chi connectivity index (χ0) is 22.5. The molecule has 0 fully saturated rings. The molecule has 163 valence electrons. The summed E-state index contributed by atoms with van der Waals surface area (Å²) in [6.45, 7) is 1.76. The van der Waals surface area contributed by atoms with E-state index in [2.05, 4.69) is 14.6 Å². The number of benzene rings is 1. The van der Waals surface area contributed by atoms with Gasteiger partial charge in [0.15, 0.2) is 10.7 Å². The highest BCUT2D eigenvalue weighted by atomic mass is 35.5. The average Bonchev–Trinajstić information content (AvgIpc) is 3.16. The standard InChI is InChI=1S/C19H15ClF2N3O6/c1-9(26)14-6-10-16(30-14)17(20)23-25(18(10)28)7-15(27)24(2)12-4-3-5-13-11(12)8-29-19(21,22)31-13/h3-6,8-9,26H,7H2,1-2H3. The van der Waals surface area contributed by atoms with Crippen LogP contribution in [0.4, 0.5) is 14.5 Å². The summed E-state index contributed by atoms with van der Waals surface area (Å²) in [4.78, 5) is 26.7. The molecule has 1 atom stereocenters. The second-order valence-electron chi connectivity index (χ2n) is 6.76. The van der Waals surface area contributed by atoms with Crippen molar-refractivity contribution in [3.63, 3.8) is 0 Å². The number of hydrogen-bond donors (Lipinski definition) is 1. The number of carbonyl (C=O) groups is 1. The van der Waals surface area contributed by atoms with Crippen molar-refractivity contribution in [3.8, 4) is 5.75 Å². The summed E-state index contributed by atoms with van der Waals surface area (Å²) in [6, 6.07) is 5.57. The number of aliphatic hydroxyl groups is 1. The van der Waals surface area contributed by atoms with E-state index in [4.69, 9.17) is 16.0 Å². The van der Waals surface area contributed by atoms with Gasteiger partial charge in [-0.15, -0.1) is 8.78 Å². The highest BCUT2D eigenvalue weighted by Gasteiger charge is 2.40. The van der Waals surface area contributed by atoms with Gasteiger partial charge in [-0.1, -0.05) is 17.7 Å². The van der Waals surface area contributed by atoms with Gasteiger partial charge in [-0.3, -0.25) is 14.3 Å². The molecule has 1 aromatic carbocycles. The van der Waals surface area contributed by atoms with E-state index < -0.39 is 30.4 Å². The van der Waals surface area contributed by atoms with E-state index in [1.54, 1.807) is 0 Å². The van der Waals surface area contributed by atoms with Gasteiger partial charge < -0.3 is 19.2 Å². The van der Waals surface area contributed by atoms with E-state index in [1.165, 1.54) is 38.2 Å². The minimum atomic E-state index is -3.81. The highest BCUT2D eigenvalue weighted by Crippen LogP contribution is 2.39. The predicted molar refractivity (Wildman–Crippen MR) is 104 cm³/mol. The van der Waals surface area contributed by atoms with Crippen LogP contribution in [0.2, 0.25) is 5.15 Å². The van der Waals surface area contributed by atoms with Crippen molar-refractivity contribution in [2.24, 2.45) is 0 Å². The van der Waals surface area contributed by atoms with Crippen LogP contribution in [-0.4, -0.2) is 34.1 Å². The molecule has 0 bridgehead atoms. The van der Waals surface area contributed by atoms with E-state index in [0.717, 1.165) is 16.2 Å². The lowest BCUT2D eigenvalue weighted by atomic mass is 10.1. The molecule has 1 unspecified atom stereocenters. The smallest absolute Gasteiger partial charge is 0.455 e. The van der Waals surface area contributed by atoms with Crippen molar-refractivity contribution in [3.05, 3.63) is 57.7 Å². The van der Waals surface area contributed by atoms with E-state index in [9.17, 15) is 23.5 Å². The summed E-state index contributed by atoms with van der Waals surface area (Å²) in [5.41, 5.74) is -0.293. The first-order valence-corrected chi connectivity index (χ1v) is 9.31. The van der Waals surface area contributed by atoms with Gasteiger partial charge in [0.1, 0.15) is 30.8 Å². The van der Waals surface area contributed by atoms with Gasteiger partial charge >= 0.3 is 6.29 Å². The van der Waals surface area contributed by atoms with Crippen LogP contribution in [0, 0.1) is 6.61 Å². The third-order valence-electron chi connectivity index (χ3n) is 4.63. The Hall–Kier alpha value is -3.02. The largest absolute Gasteiger partial charge is 0.535 e. The fourth-order valence-electron chi connectivity index (χ4n) is 3.05. The molecule has 2 aromatic heterocycles. The van der Waals surface area contributed by atoms with Crippen molar-refractivity contribution in [2.75, 3.05) is 11.9 Å². The Morgan fingerprint density at radius 1 is 1.42 bits per heavy atom. The lowest BCUT2D eigenvalue weighted by molar-refractivity contribution is -0.344. The van der Waals surface area contributed by atoms with Gasteiger partial charge in [-0.25, -0.2) is 4.68 Å². The van der Waals surface area contributed by atoms with Gasteiger partial charge in [-0.2, -0.15) is 5.10 Å². The number of hydrogen-bond acceptors (Lipinski definition) is 7. The number of anilines is 1. The van der Waals surface area contributed by atoms with Crippen LogP contribution in [0.15, 0.2) is 33.5 Å². The summed E-state index contributed by atoms with van der Waals surface area (Å²) in [6.07, 6.45) is -4.78. The molecule has 12 heteroatoms. The fourth-order valence-corrected chi connectivity index (χ4v) is 3.28. The average molecular weight is 455 g/mol. The number of nitrogens with zero attached hydrogens (tertiary/aromatic N) is 3. The quantitative estimate of drug-likeness (QED) is 0.646. The number of alkyl halides is 2. The molecule has 31 heavy (non-hydrogen) atoms. The minimum Gasteiger partial charge on any atom is -0.455 e. The van der Waals surface area contributed by atoms with Crippen LogP contribution in [0.5, 0.6) is 5.75 Å². The summed E-state index contributed by atoms with van der Waals surface area (Å²) in [5, 5.41) is 13.4. The molecule has 3 heterocycles. The normalized spacial score (nSPS) is 15.9. The summed E-state index contributed by atoms with van der Waals surface area (Å²) in [5.74, 6) is -0.638. The molecule has 1 aliphatic heterocycles. The summed E-state index contributed by atoms with van der Waals surface area (Å²) in [7, 11) is 1.40. The Morgan fingerprint density at radius 2 is 2.16 bits per heavy atom. The zero-order valence-corrected chi connectivity index (χ0v) is 16.9. The van der Waals surface area contributed by atoms with Gasteiger partial charge in [-0.05, 0) is 25.1 Å². The highest BCUT2D eigenvalue weighted by molar-refractivity contribution is 6.33. The Bertz CT molecular complexity index is 1240. The summed E-state index contributed by atoms with van der Waals surface area (Å²) < 4.78 is 41.5. The monoisotopic (exact) mass is 454 g/mol. The Balaban J connectivity index is 1.64. The molecule has 1 N–H and O–H groups in total. The van der Waals surface area contributed by atoms with Crippen LogP contribution in [0.3, 0.4) is 0 Å². The van der Waals surface area contributed by atoms with Crippen molar-refractivity contribution in [1.29, 1.82) is 0 Å². The van der Waals surface area contributed by atoms with E-state index >= 15 is 0 Å². The summed E-state index contributed by atoms with van der Waals surface area (Å²) >= 11 is 6.07. The number of ether oxygens (including phenoxy) is 2. The number of carbonyl (C=O) groups excluding carboxylic acids is 1. The van der Waals surface area contributed by atoms with E-state index in [1.807, 2.05) is 0 Å². The molecular weight excluding hydrogens is 440 g/mol. The minimum absolute atomic E-state index is 0.00146. The third-order valence-corrected chi connectivity index (χ3v) is 4.88. The van der Waals surface area contributed by atoms with Crippen molar-refractivity contribution in [2.45, 2.75) is 25.9 Å². The first-order valence-electron chi connectivity index (χ1n) is 8.93. The molecular formula is C19H15ClF2N3O6. The molecule has 4 rings (SSSR count). The molecule has 9 nitrogen and oxygen atoms in total. The predicted octanol–water partition coefficient (Wildman–Crippen LogP) is 2.83. The van der Waals surface area contributed by atoms with Gasteiger partial charge in [0.05, 0.1) is 16.6 Å². The SMILES string of the molecule is CC(O)c1cc2c(=O)n(CC(=O)N(C)c3cccc4c3[CH]OC(F)(F)O4)nc(Cl)c2o1. The first kappa shape index (κ1) is 21.2. The number of halogens is 3. The number of amides is 1. The van der Waals surface area contributed by atoms with Crippen molar-refractivity contribution >= 4 is 34.2 Å². The van der Waals surface area contributed by atoms with E-state index in [0.29, 0.717) is 0 Å². The van der Waals surface area contributed by atoms with Crippen LogP contribution in [0.25, 0.3) is 11.0 Å². The second kappa shape index (κ2) is 7.59. The van der Waals surface area contributed by atoms with Crippen LogP contribution in [0.1, 0.15) is 24.4 Å². The van der Waals surface area contributed by atoms with Crippen LogP contribution >= 0.6 is 11.6 Å². The Labute approximate surface area is 178 Å². The number of fused-ring (bicyclic) bond motifs is 2.